The third-order valence-electron chi connectivity index (χ3n) is 4.70. The fourth-order valence-electron chi connectivity index (χ4n) is 3.15. The van der Waals surface area contributed by atoms with Gasteiger partial charge in [-0.25, -0.2) is 8.42 Å². The van der Waals surface area contributed by atoms with Crippen LogP contribution in [0.1, 0.15) is 23.0 Å². The zero-order valence-electron chi connectivity index (χ0n) is 16.0. The smallest absolute Gasteiger partial charge is 0.387 e. The minimum Gasteiger partial charge on any atom is -0.435 e. The first-order chi connectivity index (χ1) is 13.7. The first-order valence-electron chi connectivity index (χ1n) is 8.97. The van der Waals surface area contributed by atoms with Gasteiger partial charge in [0.05, 0.1) is 10.5 Å². The second-order valence-corrected chi connectivity index (χ2v) is 8.69. The number of amides is 1. The minimum absolute atomic E-state index is 0.0196. The molecule has 10 heteroatoms. The molecule has 1 atom stereocenters. The number of piperazine rings is 1. The van der Waals surface area contributed by atoms with Gasteiger partial charge in [0.15, 0.2) is 0 Å². The summed E-state index contributed by atoms with van der Waals surface area (Å²) in [6, 6.07) is 7.94. The molecule has 1 aliphatic heterocycles. The summed E-state index contributed by atoms with van der Waals surface area (Å²) in [5, 5.41) is 0. The molecule has 7 nitrogen and oxygen atoms in total. The normalized spacial score (nSPS) is 18.1. The Balaban J connectivity index is 1.70. The van der Waals surface area contributed by atoms with E-state index in [-0.39, 0.29) is 42.2 Å². The Labute approximate surface area is 168 Å². The van der Waals surface area contributed by atoms with Crippen molar-refractivity contribution < 1.29 is 26.7 Å². The van der Waals surface area contributed by atoms with Gasteiger partial charge in [-0.1, -0.05) is 0 Å². The van der Waals surface area contributed by atoms with Gasteiger partial charge < -0.3 is 9.64 Å². The molecular formula is C19H21F2N3O4S. The lowest BCUT2D eigenvalue weighted by molar-refractivity contribution is -0.0498. The van der Waals surface area contributed by atoms with Crippen LogP contribution in [-0.2, 0) is 10.0 Å². The fourth-order valence-corrected chi connectivity index (χ4v) is 4.66. The lowest BCUT2D eigenvalue weighted by atomic mass is 10.1. The first kappa shape index (κ1) is 21.1. The van der Waals surface area contributed by atoms with E-state index in [9.17, 15) is 22.0 Å². The van der Waals surface area contributed by atoms with E-state index in [0.717, 1.165) is 5.69 Å². The first-order valence-corrected chi connectivity index (χ1v) is 10.4. The van der Waals surface area contributed by atoms with Crippen LogP contribution in [0, 0.1) is 6.92 Å². The van der Waals surface area contributed by atoms with Gasteiger partial charge in [-0.05, 0) is 50.2 Å². The molecule has 2 heterocycles. The molecule has 29 heavy (non-hydrogen) atoms. The van der Waals surface area contributed by atoms with Gasteiger partial charge in [-0.15, -0.1) is 0 Å². The van der Waals surface area contributed by atoms with Crippen LogP contribution >= 0.6 is 0 Å². The van der Waals surface area contributed by atoms with E-state index in [1.54, 1.807) is 24.0 Å². The van der Waals surface area contributed by atoms with E-state index in [1.165, 1.54) is 34.8 Å². The predicted octanol–water partition coefficient (Wildman–Crippen LogP) is 2.53. The van der Waals surface area contributed by atoms with Crippen molar-refractivity contribution in [3.63, 3.8) is 0 Å². The zero-order chi connectivity index (χ0) is 21.2. The topological polar surface area (TPSA) is 79.8 Å². The monoisotopic (exact) mass is 425 g/mol. The second-order valence-electron chi connectivity index (χ2n) is 6.75. The predicted molar refractivity (Wildman–Crippen MR) is 101 cm³/mol. The molecule has 1 fully saturated rings. The molecule has 156 valence electrons. The maximum atomic E-state index is 12.9. The van der Waals surface area contributed by atoms with Crippen LogP contribution in [0.5, 0.6) is 5.75 Å². The molecule has 1 unspecified atom stereocenters. The van der Waals surface area contributed by atoms with E-state index in [2.05, 4.69) is 9.72 Å². The van der Waals surface area contributed by atoms with Crippen molar-refractivity contribution >= 4 is 15.9 Å². The van der Waals surface area contributed by atoms with Crippen LogP contribution < -0.4 is 4.74 Å². The third kappa shape index (κ3) is 4.70. The summed E-state index contributed by atoms with van der Waals surface area (Å²) in [4.78, 5) is 18.4. The number of carbonyl (C=O) groups is 1. The summed E-state index contributed by atoms with van der Waals surface area (Å²) in [7, 11) is -3.82. The summed E-state index contributed by atoms with van der Waals surface area (Å²) in [6.07, 6.45) is 1.51. The largest absolute Gasteiger partial charge is 0.435 e. The number of benzene rings is 1. The molecule has 1 saturated heterocycles. The van der Waals surface area contributed by atoms with Crippen molar-refractivity contribution in [1.82, 2.24) is 14.2 Å². The molecule has 1 aromatic carbocycles. The van der Waals surface area contributed by atoms with Crippen molar-refractivity contribution in [2.75, 3.05) is 19.6 Å². The second kappa shape index (κ2) is 8.42. The van der Waals surface area contributed by atoms with Gasteiger partial charge >= 0.3 is 6.61 Å². The zero-order valence-corrected chi connectivity index (χ0v) is 16.8. The number of carbonyl (C=O) groups excluding carboxylic acids is 1. The number of sulfonamides is 1. The molecule has 2 aromatic rings. The molecule has 0 radical (unpaired) electrons. The highest BCUT2D eigenvalue weighted by molar-refractivity contribution is 7.89. The SMILES string of the molecule is Cc1ccc(C(=O)N2CCN(S(=O)(=O)c3ccc(OC(F)F)cc3)CC2C)cn1. The van der Waals surface area contributed by atoms with Crippen LogP contribution in [0.15, 0.2) is 47.5 Å². The summed E-state index contributed by atoms with van der Waals surface area (Å²) in [6.45, 7) is 1.12. The molecule has 0 saturated carbocycles. The Morgan fingerprint density at radius 1 is 1.17 bits per heavy atom. The Morgan fingerprint density at radius 2 is 1.86 bits per heavy atom. The maximum Gasteiger partial charge on any atom is 0.387 e. The number of halogens is 2. The molecule has 0 N–H and O–H groups in total. The lowest BCUT2D eigenvalue weighted by Gasteiger charge is -2.39. The van der Waals surface area contributed by atoms with Crippen molar-refractivity contribution in [2.24, 2.45) is 0 Å². The van der Waals surface area contributed by atoms with E-state index in [0.29, 0.717) is 5.56 Å². The van der Waals surface area contributed by atoms with E-state index < -0.39 is 16.6 Å². The molecule has 3 rings (SSSR count). The highest BCUT2D eigenvalue weighted by Gasteiger charge is 2.34. The molecule has 1 amide bonds. The molecule has 1 aromatic heterocycles. The summed E-state index contributed by atoms with van der Waals surface area (Å²) < 4.78 is 55.8. The average Bonchev–Trinajstić information content (AvgIpc) is 2.68. The van der Waals surface area contributed by atoms with Gasteiger partial charge in [0.2, 0.25) is 10.0 Å². The highest BCUT2D eigenvalue weighted by atomic mass is 32.2. The van der Waals surface area contributed by atoms with Crippen LogP contribution in [0.2, 0.25) is 0 Å². The molecule has 1 aliphatic rings. The number of hydrogen-bond donors (Lipinski definition) is 0. The van der Waals surface area contributed by atoms with Crippen LogP contribution in [-0.4, -0.2) is 60.8 Å². The van der Waals surface area contributed by atoms with Gasteiger partial charge in [0, 0.05) is 37.6 Å². The Bertz CT molecular complexity index is 966. The Kier molecular flexibility index (Phi) is 6.13. The van der Waals surface area contributed by atoms with Gasteiger partial charge in [-0.3, -0.25) is 9.78 Å². The Hall–Kier alpha value is -2.59. The Morgan fingerprint density at radius 3 is 2.41 bits per heavy atom. The summed E-state index contributed by atoms with van der Waals surface area (Å²) in [5.74, 6) is -0.315. The molecule has 0 aliphatic carbocycles. The van der Waals surface area contributed by atoms with Crippen molar-refractivity contribution in [3.05, 3.63) is 53.9 Å². The van der Waals surface area contributed by atoms with Gasteiger partial charge in [0.25, 0.3) is 5.91 Å². The van der Waals surface area contributed by atoms with E-state index >= 15 is 0 Å². The lowest BCUT2D eigenvalue weighted by Crippen LogP contribution is -2.55. The number of aromatic nitrogens is 1. The van der Waals surface area contributed by atoms with Crippen LogP contribution in [0.25, 0.3) is 0 Å². The third-order valence-corrected chi connectivity index (χ3v) is 6.58. The molecular weight excluding hydrogens is 404 g/mol. The standard InChI is InChI=1S/C19H21F2N3O4S/c1-13-3-4-15(11-22-13)18(25)24-10-9-23(12-14(24)2)29(26,27)17-7-5-16(6-8-17)28-19(20)21/h3-8,11,14,19H,9-10,12H2,1-2H3. The fraction of sp³-hybridized carbons (Fsp3) is 0.368. The minimum atomic E-state index is -3.82. The number of hydrogen-bond acceptors (Lipinski definition) is 5. The summed E-state index contributed by atoms with van der Waals surface area (Å²) >= 11 is 0. The number of rotatable bonds is 5. The van der Waals surface area contributed by atoms with E-state index in [1.807, 2.05) is 6.92 Å². The van der Waals surface area contributed by atoms with E-state index in [4.69, 9.17) is 0 Å². The van der Waals surface area contributed by atoms with Gasteiger partial charge in [-0.2, -0.15) is 13.1 Å². The van der Waals surface area contributed by atoms with Crippen LogP contribution in [0.3, 0.4) is 0 Å². The maximum absolute atomic E-state index is 12.9. The number of pyridine rings is 1. The molecule has 0 bridgehead atoms. The van der Waals surface area contributed by atoms with Crippen molar-refractivity contribution in [2.45, 2.75) is 31.4 Å². The van der Waals surface area contributed by atoms with Crippen molar-refractivity contribution in [3.8, 4) is 5.75 Å². The number of aryl methyl sites for hydroxylation is 1. The van der Waals surface area contributed by atoms with Crippen LogP contribution in [0.4, 0.5) is 8.78 Å². The number of ether oxygens (including phenoxy) is 1. The van der Waals surface area contributed by atoms with Gasteiger partial charge in [0.1, 0.15) is 5.75 Å². The number of nitrogens with zero attached hydrogens (tertiary/aromatic N) is 3. The highest BCUT2D eigenvalue weighted by Crippen LogP contribution is 2.24. The average molecular weight is 425 g/mol. The number of alkyl halides is 2. The van der Waals surface area contributed by atoms with Crippen molar-refractivity contribution in [1.29, 1.82) is 0 Å². The molecule has 0 spiro atoms. The quantitative estimate of drug-likeness (QED) is 0.736. The summed E-state index contributed by atoms with van der Waals surface area (Å²) in [5.41, 5.74) is 1.25.